The summed E-state index contributed by atoms with van der Waals surface area (Å²) in [4.78, 5) is 17.4. The van der Waals surface area contributed by atoms with Gasteiger partial charge in [0.2, 0.25) is 0 Å². The Morgan fingerprint density at radius 1 is 1.09 bits per heavy atom. The molecule has 1 aromatic carbocycles. The summed E-state index contributed by atoms with van der Waals surface area (Å²) >= 11 is 3.58. The third-order valence-corrected chi connectivity index (χ3v) is 5.37. The van der Waals surface area contributed by atoms with Crippen LogP contribution in [0.1, 0.15) is 38.1 Å². The molecule has 1 aliphatic carbocycles. The number of aromatic nitrogens is 2. The molecule has 1 saturated carbocycles. The summed E-state index contributed by atoms with van der Waals surface area (Å²) in [5.41, 5.74) is 0.998. The standard InChI is InChI=1S/C18H17BrN2O/c19-16-11-15-13(17-14(16)7-4-9-20-17)8-10-21(18(15)22)12-5-2-1-3-6-12/h4,7-12H,1-3,5-6H2. The lowest BCUT2D eigenvalue weighted by Gasteiger charge is -2.24. The monoisotopic (exact) mass is 356 g/mol. The van der Waals surface area contributed by atoms with Crippen LogP contribution in [0.3, 0.4) is 0 Å². The van der Waals surface area contributed by atoms with Crippen molar-refractivity contribution in [3.8, 4) is 0 Å². The Kier molecular flexibility index (Phi) is 3.49. The summed E-state index contributed by atoms with van der Waals surface area (Å²) in [5, 5.41) is 2.74. The van der Waals surface area contributed by atoms with Gasteiger partial charge in [-0.3, -0.25) is 9.78 Å². The van der Waals surface area contributed by atoms with Crippen molar-refractivity contribution in [1.29, 1.82) is 0 Å². The molecule has 0 amide bonds. The fraction of sp³-hybridized carbons (Fsp3) is 0.333. The van der Waals surface area contributed by atoms with Gasteiger partial charge in [0, 0.05) is 33.7 Å². The van der Waals surface area contributed by atoms with Crippen LogP contribution in [0.2, 0.25) is 0 Å². The van der Waals surface area contributed by atoms with Crippen molar-refractivity contribution in [3.63, 3.8) is 0 Å². The number of rotatable bonds is 1. The molecule has 0 unspecified atom stereocenters. The third kappa shape index (κ3) is 2.17. The van der Waals surface area contributed by atoms with Crippen LogP contribution >= 0.6 is 15.9 Å². The van der Waals surface area contributed by atoms with E-state index in [4.69, 9.17) is 0 Å². The molecule has 22 heavy (non-hydrogen) atoms. The van der Waals surface area contributed by atoms with Crippen LogP contribution in [-0.2, 0) is 0 Å². The lowest BCUT2D eigenvalue weighted by atomic mass is 9.95. The highest BCUT2D eigenvalue weighted by Crippen LogP contribution is 2.31. The molecule has 112 valence electrons. The predicted molar refractivity (Wildman–Crippen MR) is 93.3 cm³/mol. The first-order valence-corrected chi connectivity index (χ1v) is 8.63. The van der Waals surface area contributed by atoms with Gasteiger partial charge in [0.15, 0.2) is 0 Å². The van der Waals surface area contributed by atoms with Gasteiger partial charge < -0.3 is 4.57 Å². The fourth-order valence-electron chi connectivity index (χ4n) is 3.58. The van der Waals surface area contributed by atoms with Gasteiger partial charge in [-0.1, -0.05) is 41.3 Å². The molecule has 1 aliphatic rings. The van der Waals surface area contributed by atoms with E-state index in [0.29, 0.717) is 6.04 Å². The first-order valence-electron chi connectivity index (χ1n) is 7.84. The van der Waals surface area contributed by atoms with Crippen LogP contribution < -0.4 is 5.56 Å². The van der Waals surface area contributed by atoms with E-state index in [1.54, 1.807) is 6.20 Å². The number of pyridine rings is 2. The van der Waals surface area contributed by atoms with Crippen LogP contribution in [0.4, 0.5) is 0 Å². The first-order chi connectivity index (χ1) is 10.8. The zero-order valence-corrected chi connectivity index (χ0v) is 13.8. The Morgan fingerprint density at radius 3 is 2.73 bits per heavy atom. The van der Waals surface area contributed by atoms with Crippen molar-refractivity contribution < 1.29 is 0 Å². The molecule has 0 aliphatic heterocycles. The number of hydrogen-bond acceptors (Lipinski definition) is 2. The van der Waals surface area contributed by atoms with Gasteiger partial charge in [-0.25, -0.2) is 0 Å². The summed E-state index contributed by atoms with van der Waals surface area (Å²) in [7, 11) is 0. The predicted octanol–water partition coefficient (Wildman–Crippen LogP) is 4.82. The minimum atomic E-state index is 0.109. The summed E-state index contributed by atoms with van der Waals surface area (Å²) in [6, 6.07) is 8.29. The average molecular weight is 357 g/mol. The molecule has 0 spiro atoms. The van der Waals surface area contributed by atoms with Gasteiger partial charge in [-0.15, -0.1) is 0 Å². The number of nitrogens with zero attached hydrogens (tertiary/aromatic N) is 2. The maximum absolute atomic E-state index is 12.9. The van der Waals surface area contributed by atoms with E-state index in [9.17, 15) is 4.79 Å². The molecule has 1 fully saturated rings. The van der Waals surface area contributed by atoms with Crippen molar-refractivity contribution in [1.82, 2.24) is 9.55 Å². The lowest BCUT2D eigenvalue weighted by molar-refractivity contribution is 0.347. The number of hydrogen-bond donors (Lipinski definition) is 0. The molecule has 0 N–H and O–H groups in total. The second kappa shape index (κ2) is 5.51. The third-order valence-electron chi connectivity index (χ3n) is 4.72. The molecule has 0 radical (unpaired) electrons. The quantitative estimate of drug-likeness (QED) is 0.586. The minimum Gasteiger partial charge on any atom is -0.312 e. The molecule has 2 aromatic heterocycles. The zero-order valence-electron chi connectivity index (χ0n) is 12.3. The van der Waals surface area contributed by atoms with Crippen molar-refractivity contribution >= 4 is 37.6 Å². The highest BCUT2D eigenvalue weighted by Gasteiger charge is 2.18. The summed E-state index contributed by atoms with van der Waals surface area (Å²) in [6.45, 7) is 0. The van der Waals surface area contributed by atoms with Gasteiger partial charge >= 0.3 is 0 Å². The molecule has 3 nitrogen and oxygen atoms in total. The van der Waals surface area contributed by atoms with Crippen LogP contribution in [0, 0.1) is 0 Å². The van der Waals surface area contributed by atoms with E-state index >= 15 is 0 Å². The highest BCUT2D eigenvalue weighted by atomic mass is 79.9. The summed E-state index contributed by atoms with van der Waals surface area (Å²) < 4.78 is 2.87. The second-order valence-electron chi connectivity index (χ2n) is 6.04. The fourth-order valence-corrected chi connectivity index (χ4v) is 4.13. The lowest BCUT2D eigenvalue weighted by Crippen LogP contribution is -2.25. The van der Waals surface area contributed by atoms with E-state index in [1.165, 1.54) is 19.3 Å². The van der Waals surface area contributed by atoms with Crippen LogP contribution in [0.15, 0.2) is 45.9 Å². The van der Waals surface area contributed by atoms with Gasteiger partial charge in [-0.05, 0) is 31.0 Å². The van der Waals surface area contributed by atoms with Crippen molar-refractivity contribution in [2.45, 2.75) is 38.1 Å². The molecular weight excluding hydrogens is 340 g/mol. The first kappa shape index (κ1) is 13.9. The maximum Gasteiger partial charge on any atom is 0.258 e. The number of fused-ring (bicyclic) bond motifs is 3. The topological polar surface area (TPSA) is 34.9 Å². The Bertz CT molecular complexity index is 910. The van der Waals surface area contributed by atoms with Gasteiger partial charge in [0.05, 0.1) is 10.9 Å². The largest absolute Gasteiger partial charge is 0.312 e. The van der Waals surface area contributed by atoms with E-state index in [-0.39, 0.29) is 5.56 Å². The molecule has 3 aromatic rings. The smallest absolute Gasteiger partial charge is 0.258 e. The van der Waals surface area contributed by atoms with Crippen LogP contribution in [-0.4, -0.2) is 9.55 Å². The van der Waals surface area contributed by atoms with Crippen molar-refractivity contribution in [2.75, 3.05) is 0 Å². The maximum atomic E-state index is 12.9. The summed E-state index contributed by atoms with van der Waals surface area (Å²) in [5.74, 6) is 0. The number of benzene rings is 1. The Balaban J connectivity index is 1.99. The van der Waals surface area contributed by atoms with Crippen LogP contribution in [0.25, 0.3) is 21.7 Å². The average Bonchev–Trinajstić information content (AvgIpc) is 2.57. The van der Waals surface area contributed by atoms with Crippen molar-refractivity contribution in [3.05, 3.63) is 51.5 Å². The van der Waals surface area contributed by atoms with Gasteiger partial charge in [-0.2, -0.15) is 0 Å². The van der Waals surface area contributed by atoms with Gasteiger partial charge in [0.25, 0.3) is 5.56 Å². The van der Waals surface area contributed by atoms with E-state index in [0.717, 1.165) is 39.0 Å². The van der Waals surface area contributed by atoms with E-state index in [1.807, 2.05) is 35.0 Å². The normalized spacial score (nSPS) is 16.4. The highest BCUT2D eigenvalue weighted by molar-refractivity contribution is 9.10. The molecule has 0 bridgehead atoms. The molecule has 4 heteroatoms. The Hall–Kier alpha value is -1.68. The summed E-state index contributed by atoms with van der Waals surface area (Å²) in [6.07, 6.45) is 9.69. The molecular formula is C18H17BrN2O. The van der Waals surface area contributed by atoms with Crippen LogP contribution in [0.5, 0.6) is 0 Å². The zero-order chi connectivity index (χ0) is 15.1. The van der Waals surface area contributed by atoms with Crippen molar-refractivity contribution in [2.24, 2.45) is 0 Å². The number of halogens is 1. The molecule has 4 rings (SSSR count). The Morgan fingerprint density at radius 2 is 1.91 bits per heavy atom. The Labute approximate surface area is 137 Å². The molecule has 0 atom stereocenters. The molecule has 0 saturated heterocycles. The minimum absolute atomic E-state index is 0.109. The molecule has 2 heterocycles. The second-order valence-corrected chi connectivity index (χ2v) is 6.89. The van der Waals surface area contributed by atoms with Gasteiger partial charge in [0.1, 0.15) is 0 Å². The van der Waals surface area contributed by atoms with E-state index in [2.05, 4.69) is 20.9 Å². The van der Waals surface area contributed by atoms with E-state index < -0.39 is 0 Å². The SMILES string of the molecule is O=c1c2cc(Br)c3cccnc3c2ccn1C1CCCCC1.